The number of likely N-dealkylation sites (N-methyl/N-ethyl adjacent to an activating group) is 1. The number of nitrogens with zero attached hydrogens (tertiary/aromatic N) is 2. The first-order chi connectivity index (χ1) is 9.87. The van der Waals surface area contributed by atoms with E-state index in [1.54, 1.807) is 13.8 Å². The average Bonchev–Trinajstić information content (AvgIpc) is 2.89. The lowest BCUT2D eigenvalue weighted by Gasteiger charge is -2.31. The number of halogens is 3. The van der Waals surface area contributed by atoms with E-state index >= 15 is 0 Å². The Bertz CT molecular complexity index is 696. The minimum atomic E-state index is -4.84. The van der Waals surface area contributed by atoms with Gasteiger partial charge in [-0.15, -0.1) is 0 Å². The molecule has 1 N–H and O–H groups in total. The maximum absolute atomic E-state index is 12.7. The Hall–Kier alpha value is -1.62. The Morgan fingerprint density at radius 2 is 2.09 bits per heavy atom. The van der Waals surface area contributed by atoms with E-state index in [9.17, 15) is 26.4 Å². The molecule has 1 aromatic heterocycles. The molecule has 0 aliphatic carbocycles. The van der Waals surface area contributed by atoms with Gasteiger partial charge in [-0.05, 0) is 13.8 Å². The summed E-state index contributed by atoms with van der Waals surface area (Å²) in [6.07, 6.45) is -4.26. The van der Waals surface area contributed by atoms with Crippen molar-refractivity contribution in [1.82, 2.24) is 14.8 Å². The molecule has 0 saturated carbocycles. The zero-order valence-electron chi connectivity index (χ0n) is 11.9. The zero-order valence-corrected chi connectivity index (χ0v) is 12.7. The van der Waals surface area contributed by atoms with Gasteiger partial charge in [0.1, 0.15) is 11.8 Å². The largest absolute Gasteiger partial charge is 0.437 e. The van der Waals surface area contributed by atoms with E-state index in [-0.39, 0.29) is 0 Å². The Balaban J connectivity index is 2.26. The average molecular weight is 341 g/mol. The molecule has 1 aromatic rings. The standard InChI is InChI=1S/C11H14F3N3O4S/c1-10(2)7(5-22(19,20)17(10)3)15-9(18)6-4-21-16-8(6)11(12,13)14/h4,7H,5H2,1-3H3,(H,15,18). The Kier molecular flexibility index (Phi) is 3.77. The summed E-state index contributed by atoms with van der Waals surface area (Å²) in [5.74, 6) is -1.48. The van der Waals surface area contributed by atoms with Crippen LogP contribution in [0.15, 0.2) is 10.8 Å². The van der Waals surface area contributed by atoms with Gasteiger partial charge in [-0.1, -0.05) is 5.16 Å². The molecule has 1 saturated heterocycles. The highest BCUT2D eigenvalue weighted by Gasteiger charge is 2.50. The van der Waals surface area contributed by atoms with Crippen molar-refractivity contribution in [2.24, 2.45) is 0 Å². The minimum absolute atomic E-state index is 0.394. The lowest BCUT2D eigenvalue weighted by atomic mass is 9.96. The third-order valence-electron chi connectivity index (χ3n) is 3.85. The third-order valence-corrected chi connectivity index (χ3v) is 5.91. The molecule has 124 valence electrons. The van der Waals surface area contributed by atoms with Crippen LogP contribution in [0.5, 0.6) is 0 Å². The van der Waals surface area contributed by atoms with Crippen molar-refractivity contribution in [1.29, 1.82) is 0 Å². The van der Waals surface area contributed by atoms with E-state index in [0.717, 1.165) is 4.31 Å². The first-order valence-electron chi connectivity index (χ1n) is 6.16. The molecule has 2 heterocycles. The van der Waals surface area contributed by atoms with E-state index in [4.69, 9.17) is 0 Å². The number of carbonyl (C=O) groups is 1. The van der Waals surface area contributed by atoms with Gasteiger partial charge in [0.25, 0.3) is 5.91 Å². The third kappa shape index (κ3) is 2.70. The van der Waals surface area contributed by atoms with E-state index in [0.29, 0.717) is 6.26 Å². The van der Waals surface area contributed by atoms with Crippen LogP contribution < -0.4 is 5.32 Å². The normalized spacial score (nSPS) is 24.4. The molecular weight excluding hydrogens is 327 g/mol. The van der Waals surface area contributed by atoms with Gasteiger partial charge in [0.15, 0.2) is 5.69 Å². The molecule has 0 spiro atoms. The summed E-state index contributed by atoms with van der Waals surface area (Å²) in [6, 6.07) is -0.869. The van der Waals surface area contributed by atoms with E-state index in [1.165, 1.54) is 7.05 Å². The molecule has 1 aliphatic rings. The number of amides is 1. The molecule has 1 fully saturated rings. The van der Waals surface area contributed by atoms with E-state index in [2.05, 4.69) is 15.0 Å². The molecule has 7 nitrogen and oxygen atoms in total. The zero-order chi connectivity index (χ0) is 16.9. The summed E-state index contributed by atoms with van der Waals surface area (Å²) in [4.78, 5) is 12.0. The van der Waals surface area contributed by atoms with Gasteiger partial charge >= 0.3 is 6.18 Å². The van der Waals surface area contributed by atoms with Crippen molar-refractivity contribution in [2.45, 2.75) is 31.6 Å². The number of rotatable bonds is 2. The molecule has 11 heteroatoms. The lowest BCUT2D eigenvalue weighted by Crippen LogP contribution is -2.52. The van der Waals surface area contributed by atoms with Gasteiger partial charge in [0.2, 0.25) is 10.0 Å². The number of hydrogen-bond donors (Lipinski definition) is 1. The smallest absolute Gasteiger partial charge is 0.363 e. The fourth-order valence-electron chi connectivity index (χ4n) is 2.16. The molecule has 1 aliphatic heterocycles. The van der Waals surface area contributed by atoms with Crippen LogP contribution in [0.25, 0.3) is 0 Å². The lowest BCUT2D eigenvalue weighted by molar-refractivity contribution is -0.143. The van der Waals surface area contributed by atoms with Crippen LogP contribution in [-0.4, -0.2) is 48.2 Å². The molecular formula is C11H14F3N3O4S. The molecule has 22 heavy (non-hydrogen) atoms. The fourth-order valence-corrected chi connectivity index (χ4v) is 4.14. The van der Waals surface area contributed by atoms with Crippen LogP contribution in [0.2, 0.25) is 0 Å². The van der Waals surface area contributed by atoms with Crippen molar-refractivity contribution in [3.05, 3.63) is 17.5 Å². The highest BCUT2D eigenvalue weighted by molar-refractivity contribution is 7.89. The first-order valence-corrected chi connectivity index (χ1v) is 7.77. The second-order valence-electron chi connectivity index (χ2n) is 5.50. The van der Waals surface area contributed by atoms with Crippen molar-refractivity contribution in [3.8, 4) is 0 Å². The molecule has 0 radical (unpaired) electrons. The number of alkyl halides is 3. The molecule has 1 unspecified atom stereocenters. The van der Waals surface area contributed by atoms with Crippen LogP contribution in [0.4, 0.5) is 13.2 Å². The van der Waals surface area contributed by atoms with Crippen LogP contribution in [-0.2, 0) is 16.2 Å². The highest BCUT2D eigenvalue weighted by atomic mass is 32.2. The molecule has 2 rings (SSSR count). The topological polar surface area (TPSA) is 92.5 Å². The Morgan fingerprint density at radius 3 is 2.55 bits per heavy atom. The molecule has 1 atom stereocenters. The van der Waals surface area contributed by atoms with Gasteiger partial charge in [0.05, 0.1) is 17.3 Å². The summed E-state index contributed by atoms with van der Waals surface area (Å²) in [6.45, 7) is 3.14. The summed E-state index contributed by atoms with van der Waals surface area (Å²) in [5.41, 5.74) is -3.20. The summed E-state index contributed by atoms with van der Waals surface area (Å²) >= 11 is 0. The van der Waals surface area contributed by atoms with Crippen LogP contribution in [0.1, 0.15) is 29.9 Å². The van der Waals surface area contributed by atoms with E-state index in [1.807, 2.05) is 0 Å². The summed E-state index contributed by atoms with van der Waals surface area (Å²) in [5, 5.41) is 5.08. The number of aromatic nitrogens is 1. The van der Waals surface area contributed by atoms with Crippen molar-refractivity contribution < 1.29 is 30.9 Å². The van der Waals surface area contributed by atoms with Crippen LogP contribution in [0.3, 0.4) is 0 Å². The van der Waals surface area contributed by atoms with E-state index < -0.39 is 50.7 Å². The number of hydrogen-bond acceptors (Lipinski definition) is 5. The van der Waals surface area contributed by atoms with Gasteiger partial charge in [-0.25, -0.2) is 8.42 Å². The number of nitrogens with one attached hydrogen (secondary N) is 1. The maximum atomic E-state index is 12.7. The molecule has 1 amide bonds. The molecule has 0 aromatic carbocycles. The van der Waals surface area contributed by atoms with Crippen molar-refractivity contribution in [2.75, 3.05) is 12.8 Å². The molecule has 0 bridgehead atoms. The fraction of sp³-hybridized carbons (Fsp3) is 0.636. The minimum Gasteiger partial charge on any atom is -0.363 e. The first kappa shape index (κ1) is 16.7. The monoisotopic (exact) mass is 341 g/mol. The van der Waals surface area contributed by atoms with Crippen LogP contribution >= 0.6 is 0 Å². The van der Waals surface area contributed by atoms with Gasteiger partial charge in [0, 0.05) is 7.05 Å². The Labute approximate surface area is 124 Å². The van der Waals surface area contributed by atoms with Gasteiger partial charge in [-0.2, -0.15) is 17.5 Å². The van der Waals surface area contributed by atoms with Gasteiger partial charge in [-0.3, -0.25) is 4.79 Å². The van der Waals surface area contributed by atoms with Crippen molar-refractivity contribution in [3.63, 3.8) is 0 Å². The SMILES string of the molecule is CN1C(C)(C)C(NC(=O)c2conc2C(F)(F)F)CS1(=O)=O. The quantitative estimate of drug-likeness (QED) is 0.861. The second kappa shape index (κ2) is 4.95. The highest BCUT2D eigenvalue weighted by Crippen LogP contribution is 2.32. The Morgan fingerprint density at radius 1 is 1.50 bits per heavy atom. The van der Waals surface area contributed by atoms with Gasteiger partial charge < -0.3 is 9.84 Å². The van der Waals surface area contributed by atoms with Crippen molar-refractivity contribution >= 4 is 15.9 Å². The maximum Gasteiger partial charge on any atom is 0.437 e. The summed E-state index contributed by atoms with van der Waals surface area (Å²) < 4.78 is 67.0. The summed E-state index contributed by atoms with van der Waals surface area (Å²) in [7, 11) is -2.23. The predicted molar refractivity (Wildman–Crippen MR) is 68.4 cm³/mol. The van der Waals surface area contributed by atoms with Crippen LogP contribution in [0, 0.1) is 0 Å². The second-order valence-corrected chi connectivity index (χ2v) is 7.55. The predicted octanol–water partition coefficient (Wildman–Crippen LogP) is 0.846. The number of sulfonamides is 1. The number of carbonyl (C=O) groups excluding carboxylic acids is 1.